The maximum Gasteiger partial charge on any atom is 0.303 e. The van der Waals surface area contributed by atoms with Gasteiger partial charge in [-0.1, -0.05) is 46.3 Å². The van der Waals surface area contributed by atoms with Crippen LogP contribution in [0.3, 0.4) is 0 Å². The zero-order chi connectivity index (χ0) is 24.0. The van der Waals surface area contributed by atoms with E-state index in [4.69, 9.17) is 9.15 Å². The van der Waals surface area contributed by atoms with Gasteiger partial charge in [0.1, 0.15) is 18.0 Å². The highest BCUT2D eigenvalue weighted by molar-refractivity contribution is 5.85. The molecule has 5 heteroatoms. The minimum absolute atomic E-state index is 0.0833. The van der Waals surface area contributed by atoms with E-state index in [0.717, 1.165) is 25.7 Å². The molecule has 0 aliphatic heterocycles. The molecule has 0 unspecified atom stereocenters. The van der Waals surface area contributed by atoms with Crippen LogP contribution < -0.4 is 0 Å². The molecule has 0 saturated heterocycles. The Balaban J connectivity index is 1.65. The second-order valence-corrected chi connectivity index (χ2v) is 12.4. The fourth-order valence-corrected chi connectivity index (χ4v) is 9.23. The van der Waals surface area contributed by atoms with Crippen LogP contribution in [0.1, 0.15) is 85.1 Å². The van der Waals surface area contributed by atoms with Gasteiger partial charge in [-0.15, -0.1) is 0 Å². The number of esters is 1. The molecule has 33 heavy (non-hydrogen) atoms. The van der Waals surface area contributed by atoms with Crippen molar-refractivity contribution < 1.29 is 23.8 Å². The Morgan fingerprint density at radius 1 is 1.18 bits per heavy atom. The average Bonchev–Trinajstić information content (AvgIpc) is 3.36. The predicted molar refractivity (Wildman–Crippen MR) is 124 cm³/mol. The summed E-state index contributed by atoms with van der Waals surface area (Å²) in [5, 5.41) is 12.1. The Bertz CT molecular complexity index is 1010. The van der Waals surface area contributed by atoms with Crippen LogP contribution in [0.5, 0.6) is 0 Å². The third kappa shape index (κ3) is 2.81. The molecule has 0 bridgehead atoms. The Morgan fingerprint density at radius 3 is 2.55 bits per heavy atom. The third-order valence-corrected chi connectivity index (χ3v) is 10.6. The molecule has 8 atom stereocenters. The average molecular weight is 455 g/mol. The van der Waals surface area contributed by atoms with Gasteiger partial charge in [-0.05, 0) is 60.0 Å². The fourth-order valence-electron chi connectivity index (χ4n) is 9.23. The first-order valence-electron chi connectivity index (χ1n) is 12.5. The largest absolute Gasteiger partial charge is 0.472 e. The second-order valence-electron chi connectivity index (χ2n) is 12.4. The van der Waals surface area contributed by atoms with Crippen LogP contribution in [0.15, 0.2) is 34.7 Å². The van der Waals surface area contributed by atoms with Gasteiger partial charge in [-0.25, -0.2) is 0 Å². The number of aliphatic hydroxyl groups excluding tert-OH is 1. The number of furan rings is 1. The Morgan fingerprint density at radius 2 is 1.91 bits per heavy atom. The van der Waals surface area contributed by atoms with Gasteiger partial charge in [0.05, 0.1) is 12.5 Å². The minimum Gasteiger partial charge on any atom is -0.472 e. The highest BCUT2D eigenvalue weighted by atomic mass is 16.6. The summed E-state index contributed by atoms with van der Waals surface area (Å²) in [4.78, 5) is 25.3. The van der Waals surface area contributed by atoms with E-state index in [-0.39, 0.29) is 28.4 Å². The van der Waals surface area contributed by atoms with Crippen LogP contribution in [0.2, 0.25) is 0 Å². The lowest BCUT2D eigenvalue weighted by atomic mass is 9.36. The molecule has 5 nitrogen and oxygen atoms in total. The second kappa shape index (κ2) is 7.07. The molecular formula is C28H38O5. The molecule has 1 aromatic rings. The van der Waals surface area contributed by atoms with Gasteiger partial charge < -0.3 is 14.3 Å². The van der Waals surface area contributed by atoms with Crippen LogP contribution in [0.4, 0.5) is 0 Å². The quantitative estimate of drug-likeness (QED) is 0.476. The highest BCUT2D eigenvalue weighted by Gasteiger charge is 2.72. The summed E-state index contributed by atoms with van der Waals surface area (Å²) in [5.41, 5.74) is 1.05. The molecular weight excluding hydrogens is 416 g/mol. The number of ether oxygens (including phenoxy) is 1. The van der Waals surface area contributed by atoms with Gasteiger partial charge in [-0.2, -0.15) is 0 Å². The molecule has 4 aliphatic carbocycles. The third-order valence-electron chi connectivity index (χ3n) is 10.6. The van der Waals surface area contributed by atoms with Gasteiger partial charge in [0.2, 0.25) is 0 Å². The van der Waals surface area contributed by atoms with Crippen LogP contribution in [0.25, 0.3) is 0 Å². The topological polar surface area (TPSA) is 76.7 Å². The molecule has 1 heterocycles. The van der Waals surface area contributed by atoms with E-state index in [1.165, 1.54) is 18.1 Å². The summed E-state index contributed by atoms with van der Waals surface area (Å²) in [5.74, 6) is 0.135. The number of hydrogen-bond donors (Lipinski definition) is 1. The lowest BCUT2D eigenvalue weighted by Crippen LogP contribution is -2.70. The monoisotopic (exact) mass is 454 g/mol. The van der Waals surface area contributed by atoms with Gasteiger partial charge in [-0.3, -0.25) is 9.59 Å². The van der Waals surface area contributed by atoms with Crippen molar-refractivity contribution in [2.45, 2.75) is 91.8 Å². The first-order valence-corrected chi connectivity index (χ1v) is 12.5. The van der Waals surface area contributed by atoms with Crippen molar-refractivity contribution in [3.63, 3.8) is 0 Å². The van der Waals surface area contributed by atoms with Gasteiger partial charge in [0.25, 0.3) is 0 Å². The van der Waals surface area contributed by atoms with Crippen LogP contribution >= 0.6 is 0 Å². The standard InChI is InChI=1S/C28H38O5/c1-16(29)33-22-23-25(2,3)21(30)10-13-27(23,5)20-9-12-26(4)18(17-11-14-32-15-17)7-8-19(26)28(20,6)24(22)31/h8,11,14-15,18,20,22-24,31H,7,9-10,12-13H2,1-6H3/t18-,20-,22+,23-,24-,26-,27+,28+/m0/s1. The summed E-state index contributed by atoms with van der Waals surface area (Å²) in [6.45, 7) is 12.2. The summed E-state index contributed by atoms with van der Waals surface area (Å²) >= 11 is 0. The number of ketones is 1. The van der Waals surface area contributed by atoms with E-state index in [1.54, 1.807) is 6.26 Å². The summed E-state index contributed by atoms with van der Waals surface area (Å²) < 4.78 is 11.4. The molecule has 0 spiro atoms. The molecule has 1 N–H and O–H groups in total. The molecule has 5 rings (SSSR count). The molecule has 4 aliphatic rings. The van der Waals surface area contributed by atoms with Crippen molar-refractivity contribution in [3.8, 4) is 0 Å². The number of fused-ring (bicyclic) bond motifs is 5. The lowest BCUT2D eigenvalue weighted by Gasteiger charge is -2.68. The molecule has 0 amide bonds. The lowest BCUT2D eigenvalue weighted by molar-refractivity contribution is -0.245. The molecule has 0 aromatic carbocycles. The van der Waals surface area contributed by atoms with E-state index >= 15 is 0 Å². The number of rotatable bonds is 2. The number of hydrogen-bond acceptors (Lipinski definition) is 5. The maximum atomic E-state index is 13.1. The predicted octanol–water partition coefficient (Wildman–Crippen LogP) is 5.43. The number of Topliss-reactive ketones (excluding diaryl/α,β-unsaturated/α-hetero) is 1. The Kier molecular flexibility index (Phi) is 4.90. The van der Waals surface area contributed by atoms with Crippen molar-refractivity contribution in [3.05, 3.63) is 35.8 Å². The number of aliphatic hydroxyl groups is 1. The zero-order valence-electron chi connectivity index (χ0n) is 20.8. The summed E-state index contributed by atoms with van der Waals surface area (Å²) in [6, 6.07) is 2.06. The van der Waals surface area contributed by atoms with Crippen LogP contribution in [0, 0.1) is 33.5 Å². The van der Waals surface area contributed by atoms with Crippen molar-refractivity contribution in [1.29, 1.82) is 0 Å². The van der Waals surface area contributed by atoms with Crippen molar-refractivity contribution in [2.24, 2.45) is 33.5 Å². The van der Waals surface area contributed by atoms with E-state index in [1.807, 2.05) is 20.1 Å². The first kappa shape index (κ1) is 22.9. The molecule has 180 valence electrons. The number of carbonyl (C=O) groups is 2. The molecule has 0 radical (unpaired) electrons. The summed E-state index contributed by atoms with van der Waals surface area (Å²) in [7, 11) is 0. The van der Waals surface area contributed by atoms with Gasteiger partial charge in [0, 0.05) is 30.1 Å². The fraction of sp³-hybridized carbons (Fsp3) is 0.714. The Hall–Kier alpha value is -1.88. The normalized spacial score (nSPS) is 46.1. The maximum absolute atomic E-state index is 13.1. The Labute approximate surface area is 197 Å². The smallest absolute Gasteiger partial charge is 0.303 e. The first-order chi connectivity index (χ1) is 15.4. The molecule has 3 saturated carbocycles. The van der Waals surface area contributed by atoms with Gasteiger partial charge >= 0.3 is 5.97 Å². The van der Waals surface area contributed by atoms with E-state index in [2.05, 4.69) is 32.9 Å². The van der Waals surface area contributed by atoms with Crippen molar-refractivity contribution >= 4 is 11.8 Å². The molecule has 1 aromatic heterocycles. The van der Waals surface area contributed by atoms with Crippen molar-refractivity contribution in [1.82, 2.24) is 0 Å². The SMILES string of the molecule is CC(=O)O[C@@H]1[C@H]2C(C)(C)C(=O)CC[C@]2(C)[C@@H]2CC[C@]3(C)C(=CC[C@H]3c3ccoc3)[C@@]2(C)[C@H]1O. The van der Waals surface area contributed by atoms with Crippen LogP contribution in [-0.2, 0) is 14.3 Å². The van der Waals surface area contributed by atoms with E-state index in [0.29, 0.717) is 12.3 Å². The zero-order valence-corrected chi connectivity index (χ0v) is 20.8. The summed E-state index contributed by atoms with van der Waals surface area (Å²) in [6.07, 6.45) is 8.64. The van der Waals surface area contributed by atoms with Gasteiger partial charge in [0.15, 0.2) is 0 Å². The number of allylic oxidation sites excluding steroid dienone is 1. The van der Waals surface area contributed by atoms with E-state index in [9.17, 15) is 14.7 Å². The minimum atomic E-state index is -0.858. The van der Waals surface area contributed by atoms with Crippen LogP contribution in [-0.4, -0.2) is 29.1 Å². The van der Waals surface area contributed by atoms with Crippen molar-refractivity contribution in [2.75, 3.05) is 0 Å². The van der Waals surface area contributed by atoms with E-state index < -0.39 is 29.0 Å². The molecule has 3 fully saturated rings. The number of carbonyl (C=O) groups excluding carboxylic acids is 2. The highest BCUT2D eigenvalue weighted by Crippen LogP contribution is 2.73.